The zero-order valence-corrected chi connectivity index (χ0v) is 59.4. The zero-order valence-electron chi connectivity index (χ0n) is 59.4. The van der Waals surface area contributed by atoms with E-state index in [2.05, 4.69) is 55.6 Å². The van der Waals surface area contributed by atoms with E-state index in [0.717, 1.165) is 66.3 Å². The van der Waals surface area contributed by atoms with Crippen LogP contribution in [0.4, 0.5) is 0 Å². The summed E-state index contributed by atoms with van der Waals surface area (Å²) >= 11 is 0. The molecule has 0 saturated carbocycles. The molecule has 1 aliphatic rings. The van der Waals surface area contributed by atoms with E-state index in [-0.39, 0.29) is 38.9 Å². The lowest BCUT2D eigenvalue weighted by Gasteiger charge is -2.46. The first kappa shape index (κ1) is 79.2. The Bertz CT molecular complexity index is 2530. The molecule has 6 rings (SSSR count). The predicted molar refractivity (Wildman–Crippen MR) is 391 cm³/mol. The minimum absolute atomic E-state index is 0.00317. The number of aliphatic hydroxyl groups excluding tert-OH is 1. The number of nitrogens with one attached hydrogen (secondary N) is 1. The molecule has 0 bridgehead atoms. The molecule has 0 unspecified atom stereocenters. The van der Waals surface area contributed by atoms with Crippen molar-refractivity contribution in [2.75, 3.05) is 13.2 Å². The van der Waals surface area contributed by atoms with Crippen LogP contribution in [-0.2, 0) is 71.0 Å². The third kappa shape index (κ3) is 35.5. The van der Waals surface area contributed by atoms with E-state index in [1.807, 2.05) is 115 Å². The van der Waals surface area contributed by atoms with Crippen molar-refractivity contribution in [3.05, 3.63) is 179 Å². The van der Waals surface area contributed by atoms with Crippen LogP contribution in [0.2, 0.25) is 0 Å². The van der Waals surface area contributed by atoms with Crippen molar-refractivity contribution in [3.8, 4) is 0 Å². The second-order valence-corrected chi connectivity index (χ2v) is 27.3. The molecule has 0 aromatic heterocycles. The Labute approximate surface area is 577 Å². The normalized spacial score (nSPS) is 17.4. The molecule has 1 fully saturated rings. The lowest BCUT2D eigenvalue weighted by atomic mass is 9.97. The van der Waals surface area contributed by atoms with Crippen LogP contribution in [0.3, 0.4) is 0 Å². The van der Waals surface area contributed by atoms with Crippen molar-refractivity contribution in [3.63, 3.8) is 0 Å². The van der Waals surface area contributed by atoms with Crippen LogP contribution < -0.4 is 5.32 Å². The van der Waals surface area contributed by atoms with Gasteiger partial charge in [-0.05, 0) is 40.7 Å². The molecule has 0 radical (unpaired) electrons. The largest absolute Gasteiger partial charge is 0.394 e. The van der Waals surface area contributed by atoms with Crippen molar-refractivity contribution in [1.82, 2.24) is 5.32 Å². The smallest absolute Gasteiger partial charge is 0.220 e. The highest BCUT2D eigenvalue weighted by atomic mass is 16.7. The van der Waals surface area contributed by atoms with Crippen molar-refractivity contribution < 1.29 is 43.1 Å². The number of hydrogen-bond donors (Lipinski definition) is 2. The number of rotatable bonds is 59. The summed E-state index contributed by atoms with van der Waals surface area (Å²) in [5, 5.41) is 14.8. The third-order valence-corrected chi connectivity index (χ3v) is 19.1. The molecular formula is C85H129NO9. The summed E-state index contributed by atoms with van der Waals surface area (Å²) in [4.78, 5) is 14.7. The summed E-state index contributed by atoms with van der Waals surface area (Å²) < 4.78 is 49.0. The van der Waals surface area contributed by atoms with Crippen molar-refractivity contribution >= 4 is 5.91 Å². The Hall–Kier alpha value is -4.75. The molecule has 5 aromatic carbocycles. The number of aliphatic hydroxyl groups is 1. The highest BCUT2D eigenvalue weighted by Crippen LogP contribution is 2.33. The second kappa shape index (κ2) is 53.3. The van der Waals surface area contributed by atoms with Crippen LogP contribution in [0.1, 0.15) is 279 Å². The van der Waals surface area contributed by atoms with E-state index < -0.39 is 49.0 Å². The van der Waals surface area contributed by atoms with Gasteiger partial charge in [0.15, 0.2) is 6.29 Å². The van der Waals surface area contributed by atoms with Crippen LogP contribution in [-0.4, -0.2) is 73.2 Å². The number of ether oxygens (including phenoxy) is 7. The van der Waals surface area contributed by atoms with E-state index in [4.69, 9.17) is 33.2 Å². The lowest BCUT2D eigenvalue weighted by Crippen LogP contribution is -2.62. The maximum absolute atomic E-state index is 14.7. The van der Waals surface area contributed by atoms with Gasteiger partial charge in [0, 0.05) is 6.42 Å². The summed E-state index contributed by atoms with van der Waals surface area (Å²) in [7, 11) is 0. The van der Waals surface area contributed by atoms with Crippen LogP contribution in [0.15, 0.2) is 152 Å². The molecule has 1 saturated heterocycles. The Balaban J connectivity index is 1.15. The van der Waals surface area contributed by atoms with Gasteiger partial charge in [-0.1, -0.05) is 384 Å². The summed E-state index contributed by atoms with van der Waals surface area (Å²) in [6.07, 6.45) is 41.3. The number of hydrogen-bond acceptors (Lipinski definition) is 9. The molecule has 5 aromatic rings. The fraction of sp³-hybridized carbons (Fsp3) is 0.635. The highest BCUT2D eigenvalue weighted by molar-refractivity contribution is 5.76. The maximum Gasteiger partial charge on any atom is 0.220 e. The van der Waals surface area contributed by atoms with Crippen LogP contribution in [0.5, 0.6) is 0 Å². The number of carbonyl (C=O) groups excluding carboxylic acids is 1. The van der Waals surface area contributed by atoms with E-state index >= 15 is 0 Å². The summed E-state index contributed by atoms with van der Waals surface area (Å²) in [6.45, 7) is 5.70. The Morgan fingerprint density at radius 2 is 0.695 bits per heavy atom. The van der Waals surface area contributed by atoms with Gasteiger partial charge in [0.2, 0.25) is 5.91 Å². The SMILES string of the molecule is CCCCCCCCCCCCCCCCCCCCCCCCCC(=O)N[C@@H](CO[C@H]1O[C@H](CO)[C@H](OCc2ccccc2)[C@H](OCc2ccccc2)[C@H]1OCc1ccccc1)[C@H](OCc1ccccc1)[C@@H](CCCCCCCCCCCCCC)OCc1ccccc1. The number of amides is 1. The molecule has 1 amide bonds. The number of carbonyl (C=O) groups is 1. The first-order valence-corrected chi connectivity index (χ1v) is 38.5. The molecule has 0 aliphatic carbocycles. The summed E-state index contributed by atoms with van der Waals surface area (Å²) in [5.74, 6) is -0.0456. The topological polar surface area (TPSA) is 114 Å². The Morgan fingerprint density at radius 3 is 1.06 bits per heavy atom. The van der Waals surface area contributed by atoms with Crippen LogP contribution in [0, 0.1) is 0 Å². The van der Waals surface area contributed by atoms with Gasteiger partial charge in [-0.25, -0.2) is 0 Å². The van der Waals surface area contributed by atoms with E-state index in [1.54, 1.807) is 0 Å². The molecule has 1 heterocycles. The molecule has 10 nitrogen and oxygen atoms in total. The van der Waals surface area contributed by atoms with Gasteiger partial charge < -0.3 is 43.6 Å². The number of unbranched alkanes of at least 4 members (excludes halogenated alkanes) is 33. The second-order valence-electron chi connectivity index (χ2n) is 27.3. The molecule has 10 heteroatoms. The number of benzene rings is 5. The third-order valence-electron chi connectivity index (χ3n) is 19.1. The highest BCUT2D eigenvalue weighted by Gasteiger charge is 2.49. The van der Waals surface area contributed by atoms with Gasteiger partial charge >= 0.3 is 0 Å². The zero-order chi connectivity index (χ0) is 66.5. The van der Waals surface area contributed by atoms with E-state index in [9.17, 15) is 9.90 Å². The van der Waals surface area contributed by atoms with Crippen LogP contribution in [0.25, 0.3) is 0 Å². The minimum atomic E-state index is -1.05. The fourth-order valence-electron chi connectivity index (χ4n) is 13.3. The van der Waals surface area contributed by atoms with Crippen molar-refractivity contribution in [1.29, 1.82) is 0 Å². The monoisotopic (exact) mass is 1310 g/mol. The predicted octanol–water partition coefficient (Wildman–Crippen LogP) is 21.6. The first-order chi connectivity index (χ1) is 47.0. The molecule has 0 spiro atoms. The summed E-state index contributed by atoms with van der Waals surface area (Å²) in [5.41, 5.74) is 5.03. The van der Waals surface area contributed by atoms with E-state index in [1.165, 1.54) is 193 Å². The van der Waals surface area contributed by atoms with Gasteiger partial charge in [-0.2, -0.15) is 0 Å². The maximum atomic E-state index is 14.7. The van der Waals surface area contributed by atoms with Gasteiger partial charge in [0.1, 0.15) is 30.5 Å². The average molecular weight is 1310 g/mol. The Kier molecular flexibility index (Phi) is 44.4. The van der Waals surface area contributed by atoms with E-state index in [0.29, 0.717) is 19.6 Å². The fourth-order valence-corrected chi connectivity index (χ4v) is 13.3. The van der Waals surface area contributed by atoms with Gasteiger partial charge in [0.25, 0.3) is 0 Å². The van der Waals surface area contributed by atoms with Crippen molar-refractivity contribution in [2.24, 2.45) is 0 Å². The molecule has 2 N–H and O–H groups in total. The quantitative estimate of drug-likeness (QED) is 0.0367. The van der Waals surface area contributed by atoms with Gasteiger partial charge in [-0.15, -0.1) is 0 Å². The molecule has 528 valence electrons. The van der Waals surface area contributed by atoms with Crippen LogP contribution >= 0.6 is 0 Å². The first-order valence-electron chi connectivity index (χ1n) is 38.5. The molecule has 1 aliphatic heterocycles. The average Bonchev–Trinajstić information content (AvgIpc) is 0.825. The van der Waals surface area contributed by atoms with Crippen molar-refractivity contribution in [2.45, 2.75) is 333 Å². The molecular weight excluding hydrogens is 1180 g/mol. The van der Waals surface area contributed by atoms with Gasteiger partial charge in [0.05, 0.1) is 58.4 Å². The standard InChI is InChI=1S/C85H129NO9/c1-3-5-7-9-11-13-15-17-18-19-20-21-22-23-24-25-26-27-29-31-33-35-52-64-80(88)86-77(81(90-67-73-55-43-37-44-56-73)78(89-66-72-53-41-36-42-54-72)63-51-34-32-30-28-16-14-12-10-8-6-4-2)71-94-85-84(93-70-76-61-49-40-50-62-76)83(92-69-75-59-47-39-48-60-75)82(79(65-87)95-85)91-68-74-57-45-38-46-58-74/h36-50,53-62,77-79,81-85,87H,3-35,51-52,63-71H2,1-2H3,(H,86,88)/t77-,78+,79+,81-,82-,83-,84+,85-/m0/s1. The van der Waals surface area contributed by atoms with Gasteiger partial charge in [-0.3, -0.25) is 4.79 Å². The Morgan fingerprint density at radius 1 is 0.379 bits per heavy atom. The summed E-state index contributed by atoms with van der Waals surface area (Å²) in [6, 6.07) is 50.1. The lowest BCUT2D eigenvalue weighted by molar-refractivity contribution is -0.328. The molecule has 95 heavy (non-hydrogen) atoms. The minimum Gasteiger partial charge on any atom is -0.394 e. The molecule has 8 atom stereocenters.